The number of carboxylic acid groups (broad SMARTS) is 1. The normalized spacial score (nSPS) is 14.6. The molecule has 0 aliphatic carbocycles. The van der Waals surface area contributed by atoms with Crippen LogP contribution in [0.5, 0.6) is 5.75 Å². The second-order valence-corrected chi connectivity index (χ2v) is 4.64. The van der Waals surface area contributed by atoms with Gasteiger partial charge in [-0.3, -0.25) is 9.69 Å². The molecule has 0 saturated heterocycles. The molecule has 0 saturated carbocycles. The summed E-state index contributed by atoms with van der Waals surface area (Å²) in [6.45, 7) is 1.72. The molecule has 0 bridgehead atoms. The summed E-state index contributed by atoms with van der Waals surface area (Å²) in [5, 5.41) is 18.4. The Labute approximate surface area is 101 Å². The zero-order chi connectivity index (χ0) is 13.1. The van der Waals surface area contributed by atoms with Crippen LogP contribution in [0.4, 0.5) is 0 Å². The molecule has 1 aromatic rings. The fourth-order valence-electron chi connectivity index (χ4n) is 1.57. The van der Waals surface area contributed by atoms with Crippen LogP contribution in [-0.4, -0.2) is 40.7 Å². The zero-order valence-electron chi connectivity index (χ0n) is 10.5. The van der Waals surface area contributed by atoms with Crippen molar-refractivity contribution in [2.75, 3.05) is 14.1 Å². The first-order valence-electron chi connectivity index (χ1n) is 5.55. The highest BCUT2D eigenvalue weighted by atomic mass is 16.4. The highest BCUT2D eigenvalue weighted by Crippen LogP contribution is 2.20. The maximum atomic E-state index is 11.3. The molecule has 1 unspecified atom stereocenters. The number of phenols is 1. The maximum Gasteiger partial charge on any atom is 0.323 e. The number of aryl methyl sites for hydroxylation is 1. The molecule has 1 rings (SSSR count). The Bertz CT molecular complexity index is 386. The summed E-state index contributed by atoms with van der Waals surface area (Å²) in [5.41, 5.74) is 0.162. The van der Waals surface area contributed by atoms with Gasteiger partial charge in [0.1, 0.15) is 11.3 Å². The molecule has 2 N–H and O–H groups in total. The number of aliphatic carboxylic acids is 1. The molecule has 0 radical (unpaired) electrons. The number of aromatic hydroxyl groups is 1. The van der Waals surface area contributed by atoms with Crippen LogP contribution < -0.4 is 0 Å². The van der Waals surface area contributed by atoms with Crippen molar-refractivity contribution in [3.8, 4) is 5.75 Å². The third-order valence-electron chi connectivity index (χ3n) is 3.28. The Morgan fingerprint density at radius 3 is 2.24 bits per heavy atom. The van der Waals surface area contributed by atoms with Gasteiger partial charge in [-0.25, -0.2) is 0 Å². The van der Waals surface area contributed by atoms with Gasteiger partial charge in [0.25, 0.3) is 0 Å². The fraction of sp³-hybridized carbons (Fsp3) is 0.462. The topological polar surface area (TPSA) is 60.8 Å². The van der Waals surface area contributed by atoms with Gasteiger partial charge in [0.2, 0.25) is 0 Å². The number of carbonyl (C=O) groups is 1. The zero-order valence-corrected chi connectivity index (χ0v) is 10.5. The number of hydrogen-bond donors (Lipinski definition) is 2. The second kappa shape index (κ2) is 5.19. The Morgan fingerprint density at radius 1 is 1.29 bits per heavy atom. The lowest BCUT2D eigenvalue weighted by atomic mass is 9.92. The molecular formula is C13H19NO3. The minimum Gasteiger partial charge on any atom is -0.508 e. The van der Waals surface area contributed by atoms with Crippen molar-refractivity contribution < 1.29 is 15.0 Å². The highest BCUT2D eigenvalue weighted by molar-refractivity contribution is 5.78. The molecule has 0 fully saturated rings. The van der Waals surface area contributed by atoms with E-state index in [4.69, 9.17) is 5.11 Å². The van der Waals surface area contributed by atoms with Crippen LogP contribution in [0.3, 0.4) is 0 Å². The molecule has 0 heterocycles. The number of carboxylic acids is 1. The average Bonchev–Trinajstić information content (AvgIpc) is 2.27. The van der Waals surface area contributed by atoms with E-state index in [1.54, 1.807) is 38.1 Å². The van der Waals surface area contributed by atoms with Crippen LogP contribution in [0.2, 0.25) is 0 Å². The Balaban J connectivity index is 2.71. The molecule has 4 nitrogen and oxygen atoms in total. The maximum absolute atomic E-state index is 11.3. The molecule has 0 aromatic heterocycles. The van der Waals surface area contributed by atoms with E-state index in [1.165, 1.54) is 0 Å². The minimum absolute atomic E-state index is 0.224. The molecule has 1 atom stereocenters. The number of nitrogens with zero attached hydrogens (tertiary/aromatic N) is 1. The molecule has 4 heteroatoms. The summed E-state index contributed by atoms with van der Waals surface area (Å²) in [4.78, 5) is 13.0. The van der Waals surface area contributed by atoms with E-state index >= 15 is 0 Å². The summed E-state index contributed by atoms with van der Waals surface area (Å²) in [5.74, 6) is -0.594. The van der Waals surface area contributed by atoms with E-state index in [1.807, 2.05) is 12.1 Å². The summed E-state index contributed by atoms with van der Waals surface area (Å²) in [6.07, 6.45) is 1.20. The van der Waals surface area contributed by atoms with Gasteiger partial charge in [0, 0.05) is 0 Å². The Morgan fingerprint density at radius 2 is 1.82 bits per heavy atom. The smallest absolute Gasteiger partial charge is 0.323 e. The fourth-order valence-corrected chi connectivity index (χ4v) is 1.57. The minimum atomic E-state index is -0.863. The van der Waals surface area contributed by atoms with Crippen LogP contribution in [0.25, 0.3) is 0 Å². The van der Waals surface area contributed by atoms with Crippen LogP contribution in [0.15, 0.2) is 24.3 Å². The van der Waals surface area contributed by atoms with E-state index < -0.39 is 11.5 Å². The van der Waals surface area contributed by atoms with Crippen molar-refractivity contribution >= 4 is 5.97 Å². The Kier molecular flexibility index (Phi) is 4.12. The standard InChI is InChI=1S/C13H19NO3/c1-13(12(16)17,14(2)3)9-8-10-4-6-11(15)7-5-10/h4-7,15H,8-9H2,1-3H3,(H,16,17). The lowest BCUT2D eigenvalue weighted by Gasteiger charge is -2.32. The van der Waals surface area contributed by atoms with Crippen LogP contribution in [0, 0.1) is 0 Å². The van der Waals surface area contributed by atoms with Gasteiger partial charge < -0.3 is 10.2 Å². The summed E-state index contributed by atoms with van der Waals surface area (Å²) >= 11 is 0. The SMILES string of the molecule is CN(C)C(C)(CCc1ccc(O)cc1)C(=O)O. The molecule has 17 heavy (non-hydrogen) atoms. The first kappa shape index (κ1) is 13.5. The number of likely N-dealkylation sites (N-methyl/N-ethyl adjacent to an activating group) is 1. The van der Waals surface area contributed by atoms with Crippen molar-refractivity contribution in [3.05, 3.63) is 29.8 Å². The number of phenolic OH excluding ortho intramolecular Hbond substituents is 1. The van der Waals surface area contributed by atoms with Gasteiger partial charge in [0.05, 0.1) is 0 Å². The van der Waals surface area contributed by atoms with E-state index in [0.29, 0.717) is 12.8 Å². The first-order valence-corrected chi connectivity index (χ1v) is 5.55. The quantitative estimate of drug-likeness (QED) is 0.818. The predicted octanol–water partition coefficient (Wildman–Crippen LogP) is 1.73. The average molecular weight is 237 g/mol. The molecular weight excluding hydrogens is 218 g/mol. The third kappa shape index (κ3) is 3.20. The molecule has 94 valence electrons. The number of benzene rings is 1. The van der Waals surface area contributed by atoms with Gasteiger partial charge in [-0.15, -0.1) is 0 Å². The van der Waals surface area contributed by atoms with Crippen molar-refractivity contribution in [3.63, 3.8) is 0 Å². The van der Waals surface area contributed by atoms with E-state index in [-0.39, 0.29) is 5.75 Å². The van der Waals surface area contributed by atoms with Gasteiger partial charge in [0.15, 0.2) is 0 Å². The van der Waals surface area contributed by atoms with Gasteiger partial charge in [-0.2, -0.15) is 0 Å². The third-order valence-corrected chi connectivity index (χ3v) is 3.28. The van der Waals surface area contributed by atoms with E-state index in [2.05, 4.69) is 0 Å². The van der Waals surface area contributed by atoms with Crippen molar-refractivity contribution in [1.82, 2.24) is 4.90 Å². The second-order valence-electron chi connectivity index (χ2n) is 4.64. The van der Waals surface area contributed by atoms with Gasteiger partial charge >= 0.3 is 5.97 Å². The number of hydrogen-bond acceptors (Lipinski definition) is 3. The van der Waals surface area contributed by atoms with Crippen molar-refractivity contribution in [1.29, 1.82) is 0 Å². The van der Waals surface area contributed by atoms with Crippen LogP contribution in [0.1, 0.15) is 18.9 Å². The molecule has 0 amide bonds. The number of rotatable bonds is 5. The van der Waals surface area contributed by atoms with Crippen molar-refractivity contribution in [2.45, 2.75) is 25.3 Å². The highest BCUT2D eigenvalue weighted by Gasteiger charge is 2.34. The lowest BCUT2D eigenvalue weighted by molar-refractivity contribution is -0.149. The molecule has 0 aliphatic heterocycles. The summed E-state index contributed by atoms with van der Waals surface area (Å²) in [6, 6.07) is 6.85. The van der Waals surface area contributed by atoms with Gasteiger partial charge in [-0.05, 0) is 51.6 Å². The summed E-state index contributed by atoms with van der Waals surface area (Å²) < 4.78 is 0. The summed E-state index contributed by atoms with van der Waals surface area (Å²) in [7, 11) is 3.54. The van der Waals surface area contributed by atoms with E-state index in [9.17, 15) is 9.90 Å². The Hall–Kier alpha value is -1.55. The first-order chi connectivity index (χ1) is 7.86. The monoisotopic (exact) mass is 237 g/mol. The molecule has 0 aliphatic rings. The molecule has 1 aromatic carbocycles. The van der Waals surface area contributed by atoms with Gasteiger partial charge in [-0.1, -0.05) is 12.1 Å². The lowest BCUT2D eigenvalue weighted by Crippen LogP contribution is -2.48. The van der Waals surface area contributed by atoms with Crippen LogP contribution in [-0.2, 0) is 11.2 Å². The van der Waals surface area contributed by atoms with Crippen molar-refractivity contribution in [2.24, 2.45) is 0 Å². The largest absolute Gasteiger partial charge is 0.508 e. The predicted molar refractivity (Wildman–Crippen MR) is 66.2 cm³/mol. The van der Waals surface area contributed by atoms with Crippen LogP contribution >= 0.6 is 0 Å². The van der Waals surface area contributed by atoms with E-state index in [0.717, 1.165) is 5.56 Å². The molecule has 0 spiro atoms.